The summed E-state index contributed by atoms with van der Waals surface area (Å²) in [5.41, 5.74) is 1.07. The van der Waals surface area contributed by atoms with Crippen LogP contribution in [-0.2, 0) is 11.2 Å². The number of hydrogen-bond donors (Lipinski definition) is 1. The van der Waals surface area contributed by atoms with Crippen LogP contribution >= 0.6 is 0 Å². The highest BCUT2D eigenvalue weighted by Gasteiger charge is 2.29. The van der Waals surface area contributed by atoms with E-state index < -0.39 is 0 Å². The van der Waals surface area contributed by atoms with Crippen molar-refractivity contribution < 1.29 is 9.26 Å². The molecule has 1 saturated heterocycles. The van der Waals surface area contributed by atoms with Gasteiger partial charge in [0.1, 0.15) is 0 Å². The lowest BCUT2D eigenvalue weighted by molar-refractivity contribution is 0.116. The van der Waals surface area contributed by atoms with Gasteiger partial charge in [0.25, 0.3) is 0 Å². The van der Waals surface area contributed by atoms with Crippen molar-refractivity contribution in [2.24, 2.45) is 0 Å². The van der Waals surface area contributed by atoms with Crippen LogP contribution in [0.1, 0.15) is 29.7 Å². The largest absolute Gasteiger partial charge is 0.380 e. The van der Waals surface area contributed by atoms with Gasteiger partial charge in [-0.25, -0.2) is 0 Å². The van der Waals surface area contributed by atoms with E-state index in [4.69, 9.17) is 9.26 Å². The van der Waals surface area contributed by atoms with Crippen molar-refractivity contribution in [3.05, 3.63) is 41.8 Å². The smallest absolute Gasteiger partial charge is 0.243 e. The summed E-state index contributed by atoms with van der Waals surface area (Å²) in [7, 11) is 1.72. The van der Waals surface area contributed by atoms with E-state index in [9.17, 15) is 0 Å². The van der Waals surface area contributed by atoms with Gasteiger partial charge >= 0.3 is 0 Å². The van der Waals surface area contributed by atoms with Crippen molar-refractivity contribution >= 4 is 0 Å². The van der Waals surface area contributed by atoms with Gasteiger partial charge < -0.3 is 14.6 Å². The highest BCUT2D eigenvalue weighted by Crippen LogP contribution is 2.23. The Balaban J connectivity index is 1.67. The number of rotatable bonds is 4. The fourth-order valence-corrected chi connectivity index (χ4v) is 2.24. The summed E-state index contributed by atoms with van der Waals surface area (Å²) in [6.45, 7) is 0.821. The lowest BCUT2D eigenvalue weighted by atomic mass is 10.2. The first-order valence-corrected chi connectivity index (χ1v) is 6.32. The minimum atomic E-state index is 0.0973. The van der Waals surface area contributed by atoms with Crippen molar-refractivity contribution in [1.29, 1.82) is 0 Å². The van der Waals surface area contributed by atoms with E-state index in [1.54, 1.807) is 13.3 Å². The Morgan fingerprint density at radius 3 is 3.21 bits per heavy atom. The maximum atomic E-state index is 5.31. The Morgan fingerprint density at radius 1 is 1.53 bits per heavy atom. The first kappa shape index (κ1) is 12.3. The zero-order chi connectivity index (χ0) is 13.1. The Hall–Kier alpha value is -1.79. The maximum absolute atomic E-state index is 5.31. The fraction of sp³-hybridized carbons (Fsp3) is 0.462. The van der Waals surface area contributed by atoms with Gasteiger partial charge in [0, 0.05) is 32.5 Å². The van der Waals surface area contributed by atoms with Gasteiger partial charge in [-0.1, -0.05) is 11.2 Å². The molecule has 0 radical (unpaired) electrons. The quantitative estimate of drug-likeness (QED) is 0.887. The summed E-state index contributed by atoms with van der Waals surface area (Å²) in [5, 5.41) is 7.33. The van der Waals surface area contributed by atoms with Crippen molar-refractivity contribution in [3.63, 3.8) is 0 Å². The van der Waals surface area contributed by atoms with E-state index in [1.165, 1.54) is 0 Å². The Bertz CT molecular complexity index is 528. The van der Waals surface area contributed by atoms with Gasteiger partial charge in [-0.3, -0.25) is 4.98 Å². The summed E-state index contributed by atoms with van der Waals surface area (Å²) in [6.07, 6.45) is 5.28. The van der Waals surface area contributed by atoms with Crippen molar-refractivity contribution in [3.8, 4) is 0 Å². The van der Waals surface area contributed by atoms with Crippen LogP contribution < -0.4 is 5.32 Å². The first-order chi connectivity index (χ1) is 9.35. The highest BCUT2D eigenvalue weighted by molar-refractivity contribution is 5.14. The molecule has 0 saturated carbocycles. The standard InChI is InChI=1S/C13H16N4O2/c1-18-10-6-11(15-8-10)13-16-12(17-19-13)5-9-3-2-4-14-7-9/h2-4,7,10-11,15H,5-6,8H2,1H3/t10-,11+/m0/s1. The molecule has 0 bridgehead atoms. The van der Waals surface area contributed by atoms with Gasteiger partial charge in [-0.15, -0.1) is 0 Å². The molecule has 19 heavy (non-hydrogen) atoms. The minimum absolute atomic E-state index is 0.0973. The van der Waals surface area contributed by atoms with Gasteiger partial charge in [0.2, 0.25) is 5.89 Å². The predicted molar refractivity (Wildman–Crippen MR) is 67.5 cm³/mol. The molecule has 2 aromatic rings. The van der Waals surface area contributed by atoms with Gasteiger partial charge in [-0.2, -0.15) is 4.98 Å². The number of nitrogens with zero attached hydrogens (tertiary/aromatic N) is 3. The molecular formula is C13H16N4O2. The third-order valence-electron chi connectivity index (χ3n) is 3.29. The van der Waals surface area contributed by atoms with E-state index in [2.05, 4.69) is 20.4 Å². The Kier molecular flexibility index (Phi) is 3.52. The molecule has 1 aliphatic rings. The van der Waals surface area contributed by atoms with Crippen LogP contribution in [0.2, 0.25) is 0 Å². The second kappa shape index (κ2) is 5.46. The number of hydrogen-bond acceptors (Lipinski definition) is 6. The van der Waals surface area contributed by atoms with Crippen LogP contribution in [0.15, 0.2) is 29.0 Å². The van der Waals surface area contributed by atoms with Crippen LogP contribution in [0.4, 0.5) is 0 Å². The number of pyridine rings is 1. The predicted octanol–water partition coefficient (Wildman–Crippen LogP) is 1.10. The molecule has 2 atom stereocenters. The second-order valence-corrected chi connectivity index (χ2v) is 4.64. The number of methoxy groups -OCH3 is 1. The summed E-state index contributed by atoms with van der Waals surface area (Å²) in [5.74, 6) is 1.32. The van der Waals surface area contributed by atoms with Gasteiger partial charge in [0.15, 0.2) is 5.82 Å². The molecule has 0 aromatic carbocycles. The van der Waals surface area contributed by atoms with E-state index >= 15 is 0 Å². The van der Waals surface area contributed by atoms with Gasteiger partial charge in [0.05, 0.1) is 12.1 Å². The number of ether oxygens (including phenoxy) is 1. The van der Waals surface area contributed by atoms with E-state index in [1.807, 2.05) is 18.3 Å². The zero-order valence-corrected chi connectivity index (χ0v) is 10.7. The number of nitrogens with one attached hydrogen (secondary N) is 1. The van der Waals surface area contributed by atoms with Crippen molar-refractivity contribution in [2.45, 2.75) is 25.0 Å². The Labute approximate surface area is 111 Å². The van der Waals surface area contributed by atoms with Crippen molar-refractivity contribution in [2.75, 3.05) is 13.7 Å². The molecular weight excluding hydrogens is 244 g/mol. The molecule has 6 heteroatoms. The average Bonchev–Trinajstić information content (AvgIpc) is 3.08. The third-order valence-corrected chi connectivity index (χ3v) is 3.29. The molecule has 100 valence electrons. The average molecular weight is 260 g/mol. The fourth-order valence-electron chi connectivity index (χ4n) is 2.24. The summed E-state index contributed by atoms with van der Waals surface area (Å²) >= 11 is 0. The number of aromatic nitrogens is 3. The normalized spacial score (nSPS) is 22.8. The third kappa shape index (κ3) is 2.80. The second-order valence-electron chi connectivity index (χ2n) is 4.64. The maximum Gasteiger partial charge on any atom is 0.243 e. The van der Waals surface area contributed by atoms with E-state index in [-0.39, 0.29) is 12.1 Å². The van der Waals surface area contributed by atoms with Crippen LogP contribution in [0, 0.1) is 0 Å². The molecule has 1 aliphatic heterocycles. The van der Waals surface area contributed by atoms with Crippen LogP contribution in [-0.4, -0.2) is 34.9 Å². The topological polar surface area (TPSA) is 73.1 Å². The summed E-state index contributed by atoms with van der Waals surface area (Å²) in [4.78, 5) is 8.50. The first-order valence-electron chi connectivity index (χ1n) is 6.32. The molecule has 0 unspecified atom stereocenters. The van der Waals surface area contributed by atoms with Crippen molar-refractivity contribution in [1.82, 2.24) is 20.4 Å². The molecule has 2 aromatic heterocycles. The highest BCUT2D eigenvalue weighted by atomic mass is 16.5. The zero-order valence-electron chi connectivity index (χ0n) is 10.7. The lowest BCUT2D eigenvalue weighted by Crippen LogP contribution is -2.16. The molecule has 1 fully saturated rings. The summed E-state index contributed by atoms with van der Waals surface area (Å²) < 4.78 is 10.6. The molecule has 0 amide bonds. The Morgan fingerprint density at radius 2 is 2.47 bits per heavy atom. The van der Waals surface area contributed by atoms with Crippen LogP contribution in [0.5, 0.6) is 0 Å². The molecule has 3 heterocycles. The van der Waals surface area contributed by atoms with E-state index in [0.29, 0.717) is 18.1 Å². The monoisotopic (exact) mass is 260 g/mol. The molecule has 6 nitrogen and oxygen atoms in total. The molecule has 0 aliphatic carbocycles. The summed E-state index contributed by atoms with van der Waals surface area (Å²) in [6, 6.07) is 4.00. The van der Waals surface area contributed by atoms with Crippen LogP contribution in [0.3, 0.4) is 0 Å². The molecule has 3 rings (SSSR count). The molecule has 1 N–H and O–H groups in total. The lowest BCUT2D eigenvalue weighted by Gasteiger charge is -2.04. The molecule has 0 spiro atoms. The van der Waals surface area contributed by atoms with Crippen LogP contribution in [0.25, 0.3) is 0 Å². The van der Waals surface area contributed by atoms with Gasteiger partial charge in [-0.05, 0) is 18.1 Å². The minimum Gasteiger partial charge on any atom is -0.380 e. The van der Waals surface area contributed by atoms with E-state index in [0.717, 1.165) is 18.5 Å². The SMILES string of the molecule is CO[C@@H]1CN[C@@H](c2nc(Cc3cccnc3)no2)C1.